The molecule has 0 spiro atoms. The predicted molar refractivity (Wildman–Crippen MR) is 112 cm³/mol. The first-order valence-electron chi connectivity index (χ1n) is 9.90. The zero-order valence-corrected chi connectivity index (χ0v) is 16.8. The first-order valence-corrected chi connectivity index (χ1v) is 9.90. The lowest BCUT2D eigenvalue weighted by molar-refractivity contribution is 0.102. The van der Waals surface area contributed by atoms with Gasteiger partial charge < -0.3 is 9.84 Å². The molecule has 1 aliphatic rings. The van der Waals surface area contributed by atoms with Crippen LogP contribution in [0.1, 0.15) is 21.9 Å². The normalized spacial score (nSPS) is 14.3. The Kier molecular flexibility index (Phi) is 4.69. The molecule has 0 saturated carbocycles. The fourth-order valence-corrected chi connectivity index (χ4v) is 3.59. The van der Waals surface area contributed by atoms with Crippen molar-refractivity contribution in [2.24, 2.45) is 5.92 Å². The number of aromatic nitrogens is 4. The molecule has 1 fully saturated rings. The van der Waals surface area contributed by atoms with Gasteiger partial charge in [0.05, 0.1) is 24.7 Å². The van der Waals surface area contributed by atoms with E-state index in [1.54, 1.807) is 16.8 Å². The summed E-state index contributed by atoms with van der Waals surface area (Å²) in [6, 6.07) is 13.5. The number of nitrogens with one attached hydrogen (secondary N) is 1. The van der Waals surface area contributed by atoms with Crippen molar-refractivity contribution in [3.8, 4) is 17.5 Å². The molecular formula is C22H19N7O2. The lowest BCUT2D eigenvalue weighted by Gasteiger charge is -2.33. The third-order valence-corrected chi connectivity index (χ3v) is 5.36. The highest BCUT2D eigenvalue weighted by molar-refractivity contribution is 6.04. The van der Waals surface area contributed by atoms with Crippen molar-refractivity contribution in [1.29, 1.82) is 5.26 Å². The predicted octanol–water partition coefficient (Wildman–Crippen LogP) is 2.90. The topological polar surface area (TPSA) is 112 Å². The molecule has 1 amide bonds. The van der Waals surface area contributed by atoms with E-state index in [1.165, 1.54) is 0 Å². The SMILES string of the molecule is Cc1ccc(-c2noc(CN3CC(C#N)C3)n2)cc1NC(=O)c1cnc2ccccn12. The highest BCUT2D eigenvalue weighted by Gasteiger charge is 2.27. The minimum Gasteiger partial charge on any atom is -0.338 e. The van der Waals surface area contributed by atoms with Crippen LogP contribution in [0.3, 0.4) is 0 Å². The second-order valence-corrected chi connectivity index (χ2v) is 7.59. The molecule has 0 atom stereocenters. The number of likely N-dealkylation sites (tertiary alicyclic amines) is 1. The van der Waals surface area contributed by atoms with Crippen molar-refractivity contribution < 1.29 is 9.32 Å². The monoisotopic (exact) mass is 413 g/mol. The van der Waals surface area contributed by atoms with Crippen LogP contribution in [0, 0.1) is 24.2 Å². The zero-order valence-electron chi connectivity index (χ0n) is 16.8. The van der Waals surface area contributed by atoms with Crippen LogP contribution in [0.5, 0.6) is 0 Å². The van der Waals surface area contributed by atoms with E-state index in [0.717, 1.165) is 24.2 Å². The number of fused-ring (bicyclic) bond motifs is 1. The minimum atomic E-state index is -0.252. The molecule has 0 bridgehead atoms. The number of anilines is 1. The van der Waals surface area contributed by atoms with Crippen molar-refractivity contribution in [1.82, 2.24) is 24.4 Å². The van der Waals surface area contributed by atoms with Crippen LogP contribution >= 0.6 is 0 Å². The maximum absolute atomic E-state index is 12.9. The molecule has 0 radical (unpaired) electrons. The van der Waals surface area contributed by atoms with Crippen molar-refractivity contribution in [2.45, 2.75) is 13.5 Å². The summed E-state index contributed by atoms with van der Waals surface area (Å²) < 4.78 is 7.11. The van der Waals surface area contributed by atoms with Crippen LogP contribution in [-0.4, -0.2) is 43.4 Å². The lowest BCUT2D eigenvalue weighted by atomic mass is 10.0. The van der Waals surface area contributed by atoms with Gasteiger partial charge >= 0.3 is 0 Å². The molecule has 1 saturated heterocycles. The fraction of sp³-hybridized carbons (Fsp3) is 0.227. The number of rotatable bonds is 5. The number of nitrogens with zero attached hydrogens (tertiary/aromatic N) is 6. The van der Waals surface area contributed by atoms with Gasteiger partial charge in [-0.05, 0) is 30.7 Å². The quantitative estimate of drug-likeness (QED) is 0.535. The Labute approximate surface area is 177 Å². The number of carbonyl (C=O) groups excluding carboxylic acids is 1. The van der Waals surface area contributed by atoms with Crippen LogP contribution in [0.25, 0.3) is 17.0 Å². The van der Waals surface area contributed by atoms with Gasteiger partial charge in [-0.15, -0.1) is 0 Å². The van der Waals surface area contributed by atoms with Crippen LogP contribution in [0.4, 0.5) is 5.69 Å². The third kappa shape index (κ3) is 3.65. The third-order valence-electron chi connectivity index (χ3n) is 5.36. The molecule has 0 aliphatic carbocycles. The molecule has 4 heterocycles. The largest absolute Gasteiger partial charge is 0.338 e. The molecule has 5 rings (SSSR count). The summed E-state index contributed by atoms with van der Waals surface area (Å²) in [6.07, 6.45) is 3.36. The number of carbonyl (C=O) groups is 1. The fourth-order valence-electron chi connectivity index (χ4n) is 3.59. The lowest BCUT2D eigenvalue weighted by Crippen LogP contribution is -2.45. The summed E-state index contributed by atoms with van der Waals surface area (Å²) in [7, 11) is 0. The average molecular weight is 413 g/mol. The van der Waals surface area contributed by atoms with Crippen LogP contribution in [0.15, 0.2) is 53.3 Å². The van der Waals surface area contributed by atoms with Gasteiger partial charge in [0.2, 0.25) is 11.7 Å². The molecular weight excluding hydrogens is 394 g/mol. The van der Waals surface area contributed by atoms with Gasteiger partial charge in [0, 0.05) is 30.5 Å². The average Bonchev–Trinajstić information content (AvgIpc) is 3.39. The second-order valence-electron chi connectivity index (χ2n) is 7.59. The van der Waals surface area contributed by atoms with Gasteiger partial charge in [-0.2, -0.15) is 10.2 Å². The zero-order chi connectivity index (χ0) is 21.4. The Bertz CT molecular complexity index is 1310. The number of nitriles is 1. The number of hydrogen-bond acceptors (Lipinski definition) is 7. The van der Waals surface area contributed by atoms with E-state index in [0.29, 0.717) is 35.3 Å². The van der Waals surface area contributed by atoms with E-state index in [-0.39, 0.29) is 11.8 Å². The molecule has 1 aromatic carbocycles. The van der Waals surface area contributed by atoms with E-state index in [9.17, 15) is 4.79 Å². The Morgan fingerprint density at radius 1 is 1.32 bits per heavy atom. The summed E-state index contributed by atoms with van der Waals surface area (Å²) >= 11 is 0. The van der Waals surface area contributed by atoms with Crippen molar-refractivity contribution in [3.05, 3.63) is 65.9 Å². The number of amides is 1. The standard InChI is InChI=1S/C22H19N7O2/c1-14-5-6-16(21-26-20(31-27-21)13-28-11-15(9-23)12-28)8-17(14)25-22(30)18-10-24-19-4-2-3-7-29(18)19/h2-8,10,15H,11-13H2,1H3,(H,25,30). The van der Waals surface area contributed by atoms with Crippen molar-refractivity contribution in [2.75, 3.05) is 18.4 Å². The summed E-state index contributed by atoms with van der Waals surface area (Å²) in [6.45, 7) is 3.89. The molecule has 0 unspecified atom stereocenters. The number of hydrogen-bond donors (Lipinski definition) is 1. The molecule has 31 heavy (non-hydrogen) atoms. The summed E-state index contributed by atoms with van der Waals surface area (Å²) in [5.41, 5.74) is 3.48. The Morgan fingerprint density at radius 2 is 2.19 bits per heavy atom. The maximum Gasteiger partial charge on any atom is 0.274 e. The minimum absolute atomic E-state index is 0.0820. The van der Waals surface area contributed by atoms with Gasteiger partial charge in [0.1, 0.15) is 11.3 Å². The van der Waals surface area contributed by atoms with E-state index in [4.69, 9.17) is 9.78 Å². The van der Waals surface area contributed by atoms with Crippen molar-refractivity contribution >= 4 is 17.2 Å². The first-order chi connectivity index (χ1) is 15.1. The highest BCUT2D eigenvalue weighted by atomic mass is 16.5. The molecule has 1 aliphatic heterocycles. The Morgan fingerprint density at radius 3 is 3.03 bits per heavy atom. The van der Waals surface area contributed by atoms with E-state index in [1.807, 2.05) is 43.3 Å². The molecule has 1 N–H and O–H groups in total. The molecule has 9 heteroatoms. The number of aryl methyl sites for hydroxylation is 1. The van der Waals surface area contributed by atoms with Crippen LogP contribution < -0.4 is 5.32 Å². The van der Waals surface area contributed by atoms with E-state index >= 15 is 0 Å². The Hall–Kier alpha value is -4.03. The molecule has 9 nitrogen and oxygen atoms in total. The summed E-state index contributed by atoms with van der Waals surface area (Å²) in [4.78, 5) is 23.7. The van der Waals surface area contributed by atoms with Gasteiger partial charge in [0.25, 0.3) is 5.91 Å². The first kappa shape index (κ1) is 19.0. The highest BCUT2D eigenvalue weighted by Crippen LogP contribution is 2.25. The molecule has 154 valence electrons. The number of benzene rings is 1. The van der Waals surface area contributed by atoms with Crippen LogP contribution in [0.2, 0.25) is 0 Å². The van der Waals surface area contributed by atoms with Crippen LogP contribution in [-0.2, 0) is 6.54 Å². The molecule has 3 aromatic heterocycles. The van der Waals surface area contributed by atoms with Gasteiger partial charge in [-0.3, -0.25) is 14.1 Å². The van der Waals surface area contributed by atoms with Gasteiger partial charge in [-0.1, -0.05) is 23.4 Å². The number of pyridine rings is 1. The number of imidazole rings is 1. The second kappa shape index (κ2) is 7.66. The van der Waals surface area contributed by atoms with Gasteiger partial charge in [-0.25, -0.2) is 4.98 Å². The Balaban J connectivity index is 1.34. The smallest absolute Gasteiger partial charge is 0.274 e. The van der Waals surface area contributed by atoms with Crippen molar-refractivity contribution in [3.63, 3.8) is 0 Å². The van der Waals surface area contributed by atoms with E-state index < -0.39 is 0 Å². The molecule has 4 aromatic rings. The van der Waals surface area contributed by atoms with E-state index in [2.05, 4.69) is 31.4 Å². The maximum atomic E-state index is 12.9. The summed E-state index contributed by atoms with van der Waals surface area (Å²) in [5, 5.41) is 15.9. The summed E-state index contributed by atoms with van der Waals surface area (Å²) in [5.74, 6) is 0.789. The van der Waals surface area contributed by atoms with Gasteiger partial charge in [0.15, 0.2) is 0 Å².